The number of rotatable bonds is 2. The summed E-state index contributed by atoms with van der Waals surface area (Å²) in [6.45, 7) is 0. The van der Waals surface area contributed by atoms with Crippen LogP contribution in [-0.2, 0) is 0 Å². The smallest absolute Gasteiger partial charge is 0.0761 e. The Morgan fingerprint density at radius 3 is 2.35 bits per heavy atom. The minimum absolute atomic E-state index is 0.221. The second-order valence-electron chi connectivity index (χ2n) is 3.43. The van der Waals surface area contributed by atoms with Crippen molar-refractivity contribution in [3.63, 3.8) is 0 Å². The van der Waals surface area contributed by atoms with E-state index in [1.165, 1.54) is 0 Å². The number of thiophene rings is 1. The lowest BCUT2D eigenvalue weighted by Crippen LogP contribution is -2.11. The average molecular weight is 416 g/mol. The van der Waals surface area contributed by atoms with E-state index in [-0.39, 0.29) is 6.04 Å². The van der Waals surface area contributed by atoms with Crippen LogP contribution in [0.25, 0.3) is 0 Å². The van der Waals surface area contributed by atoms with Gasteiger partial charge in [-0.15, -0.1) is 11.3 Å². The largest absolute Gasteiger partial charge is 0.320 e. The molecule has 0 fully saturated rings. The van der Waals surface area contributed by atoms with Crippen molar-refractivity contribution in [1.82, 2.24) is 0 Å². The second kappa shape index (κ2) is 5.59. The summed E-state index contributed by atoms with van der Waals surface area (Å²) in [6, 6.07) is 7.22. The standard InChI is InChI=1S/C11H7Br2Cl2NS/c12-9-4-6(11(13)17-9)10(16)5-1-2-7(14)8(15)3-5/h1-4,10H,16H2. The zero-order valence-corrected chi connectivity index (χ0v) is 13.9. The van der Waals surface area contributed by atoms with Crippen molar-refractivity contribution in [1.29, 1.82) is 0 Å². The van der Waals surface area contributed by atoms with Gasteiger partial charge in [0, 0.05) is 0 Å². The van der Waals surface area contributed by atoms with Crippen LogP contribution in [0.3, 0.4) is 0 Å². The highest BCUT2D eigenvalue weighted by atomic mass is 79.9. The van der Waals surface area contributed by atoms with Gasteiger partial charge in [0.15, 0.2) is 0 Å². The Morgan fingerprint density at radius 2 is 1.82 bits per heavy atom. The van der Waals surface area contributed by atoms with E-state index >= 15 is 0 Å². The Balaban J connectivity index is 2.40. The SMILES string of the molecule is NC(c1ccc(Cl)c(Cl)c1)c1cc(Br)sc1Br. The number of hydrogen-bond acceptors (Lipinski definition) is 2. The highest BCUT2D eigenvalue weighted by Gasteiger charge is 2.16. The zero-order valence-electron chi connectivity index (χ0n) is 8.38. The highest BCUT2D eigenvalue weighted by Crippen LogP contribution is 2.37. The van der Waals surface area contributed by atoms with Gasteiger partial charge >= 0.3 is 0 Å². The fraction of sp³-hybridized carbons (Fsp3) is 0.0909. The van der Waals surface area contributed by atoms with Gasteiger partial charge < -0.3 is 5.73 Å². The Bertz CT molecular complexity index is 556. The molecule has 1 atom stereocenters. The molecule has 6 heteroatoms. The number of halogens is 4. The van der Waals surface area contributed by atoms with Crippen molar-refractivity contribution < 1.29 is 0 Å². The molecule has 1 unspecified atom stereocenters. The minimum atomic E-state index is -0.221. The molecule has 2 rings (SSSR count). The lowest BCUT2D eigenvalue weighted by molar-refractivity contribution is 0.872. The van der Waals surface area contributed by atoms with E-state index in [1.807, 2.05) is 12.1 Å². The molecule has 0 bridgehead atoms. The lowest BCUT2D eigenvalue weighted by Gasteiger charge is -2.12. The Labute approximate surface area is 130 Å². The van der Waals surface area contributed by atoms with Crippen molar-refractivity contribution in [2.45, 2.75) is 6.04 Å². The molecule has 2 N–H and O–H groups in total. The van der Waals surface area contributed by atoms with Crippen LogP contribution < -0.4 is 5.73 Å². The summed E-state index contributed by atoms with van der Waals surface area (Å²) in [7, 11) is 0. The van der Waals surface area contributed by atoms with Gasteiger partial charge in [-0.3, -0.25) is 0 Å². The van der Waals surface area contributed by atoms with E-state index in [0.717, 1.165) is 18.7 Å². The molecule has 1 heterocycles. The average Bonchev–Trinajstić information content (AvgIpc) is 2.61. The number of nitrogens with two attached hydrogens (primary N) is 1. The topological polar surface area (TPSA) is 26.0 Å². The van der Waals surface area contributed by atoms with Gasteiger partial charge in [0.25, 0.3) is 0 Å². The normalized spacial score (nSPS) is 12.8. The van der Waals surface area contributed by atoms with Gasteiger partial charge in [-0.2, -0.15) is 0 Å². The van der Waals surface area contributed by atoms with Crippen LogP contribution in [-0.4, -0.2) is 0 Å². The number of benzene rings is 1. The van der Waals surface area contributed by atoms with Crippen LogP contribution in [0, 0.1) is 0 Å². The van der Waals surface area contributed by atoms with Gasteiger partial charge in [-0.05, 0) is 61.2 Å². The first-order valence-electron chi connectivity index (χ1n) is 4.64. The van der Waals surface area contributed by atoms with E-state index in [0.29, 0.717) is 10.0 Å². The molecule has 0 aliphatic heterocycles. The summed E-state index contributed by atoms with van der Waals surface area (Å²) in [6.07, 6.45) is 0. The third-order valence-electron chi connectivity index (χ3n) is 2.32. The first kappa shape index (κ1) is 13.8. The van der Waals surface area contributed by atoms with Crippen molar-refractivity contribution in [2.24, 2.45) is 5.73 Å². The summed E-state index contributed by atoms with van der Waals surface area (Å²) in [5.74, 6) is 0. The van der Waals surface area contributed by atoms with Crippen molar-refractivity contribution >= 4 is 66.4 Å². The second-order valence-corrected chi connectivity index (χ2v) is 7.99. The molecule has 0 saturated carbocycles. The third kappa shape index (κ3) is 3.06. The van der Waals surface area contributed by atoms with Crippen LogP contribution >= 0.6 is 66.4 Å². The Kier molecular flexibility index (Phi) is 4.55. The van der Waals surface area contributed by atoms with Crippen molar-refractivity contribution in [2.75, 3.05) is 0 Å². The van der Waals surface area contributed by atoms with Crippen LogP contribution in [0.2, 0.25) is 10.0 Å². The van der Waals surface area contributed by atoms with E-state index in [1.54, 1.807) is 23.5 Å². The van der Waals surface area contributed by atoms with Crippen LogP contribution in [0.5, 0.6) is 0 Å². The Hall–Kier alpha value is 0.420. The molecule has 17 heavy (non-hydrogen) atoms. The molecule has 0 aliphatic carbocycles. The van der Waals surface area contributed by atoms with Crippen molar-refractivity contribution in [3.8, 4) is 0 Å². The molecule has 90 valence electrons. The van der Waals surface area contributed by atoms with E-state index in [9.17, 15) is 0 Å². The molecule has 1 aromatic heterocycles. The van der Waals surface area contributed by atoms with E-state index < -0.39 is 0 Å². The van der Waals surface area contributed by atoms with Crippen molar-refractivity contribution in [3.05, 3.63) is 53.0 Å². The van der Waals surface area contributed by atoms with Crippen LogP contribution in [0.1, 0.15) is 17.2 Å². The van der Waals surface area contributed by atoms with Gasteiger partial charge in [0.2, 0.25) is 0 Å². The maximum Gasteiger partial charge on any atom is 0.0761 e. The van der Waals surface area contributed by atoms with Gasteiger partial charge in [-0.25, -0.2) is 0 Å². The first-order chi connectivity index (χ1) is 7.99. The molecule has 1 nitrogen and oxygen atoms in total. The van der Waals surface area contributed by atoms with E-state index in [4.69, 9.17) is 28.9 Å². The van der Waals surface area contributed by atoms with Crippen LogP contribution in [0.4, 0.5) is 0 Å². The molecule has 1 aromatic carbocycles. The molecular formula is C11H7Br2Cl2NS. The van der Waals surface area contributed by atoms with Gasteiger partial charge in [-0.1, -0.05) is 29.3 Å². The van der Waals surface area contributed by atoms with Gasteiger partial charge in [0.1, 0.15) is 0 Å². The summed E-state index contributed by atoms with van der Waals surface area (Å²) in [4.78, 5) is 0. The molecule has 0 saturated heterocycles. The quantitative estimate of drug-likeness (QED) is 0.676. The molecule has 0 aliphatic rings. The monoisotopic (exact) mass is 413 g/mol. The number of hydrogen-bond donors (Lipinski definition) is 1. The van der Waals surface area contributed by atoms with E-state index in [2.05, 4.69) is 31.9 Å². The maximum atomic E-state index is 6.20. The molecular weight excluding hydrogens is 409 g/mol. The Morgan fingerprint density at radius 1 is 1.12 bits per heavy atom. The fourth-order valence-electron chi connectivity index (χ4n) is 1.45. The summed E-state index contributed by atoms with van der Waals surface area (Å²) in [5.41, 5.74) is 8.17. The minimum Gasteiger partial charge on any atom is -0.320 e. The highest BCUT2D eigenvalue weighted by molar-refractivity contribution is 9.12. The first-order valence-corrected chi connectivity index (χ1v) is 7.80. The predicted molar refractivity (Wildman–Crippen MR) is 82.2 cm³/mol. The lowest BCUT2D eigenvalue weighted by atomic mass is 10.0. The zero-order chi connectivity index (χ0) is 12.6. The summed E-state index contributed by atoms with van der Waals surface area (Å²) < 4.78 is 2.05. The molecule has 0 amide bonds. The molecule has 0 radical (unpaired) electrons. The third-order valence-corrected chi connectivity index (χ3v) is 5.45. The summed E-state index contributed by atoms with van der Waals surface area (Å²) >= 11 is 20.4. The maximum absolute atomic E-state index is 6.20. The predicted octanol–water partition coefficient (Wildman–Crippen LogP) is 5.63. The fourth-order valence-corrected chi connectivity index (χ4v) is 4.69. The molecule has 0 spiro atoms. The molecule has 2 aromatic rings. The summed E-state index contributed by atoms with van der Waals surface area (Å²) in [5, 5.41) is 1.05. The van der Waals surface area contributed by atoms with Gasteiger partial charge in [0.05, 0.1) is 23.7 Å². The van der Waals surface area contributed by atoms with Crippen LogP contribution in [0.15, 0.2) is 31.8 Å².